The first kappa shape index (κ1) is 25.8. The van der Waals surface area contributed by atoms with E-state index < -0.39 is 11.7 Å². The van der Waals surface area contributed by atoms with Gasteiger partial charge < -0.3 is 19.2 Å². The fourth-order valence-corrected chi connectivity index (χ4v) is 6.38. The van der Waals surface area contributed by atoms with Crippen LogP contribution in [0.15, 0.2) is 45.6 Å². The number of hydrogen-bond acceptors (Lipinski definition) is 5. The zero-order valence-electron chi connectivity index (χ0n) is 21.8. The van der Waals surface area contributed by atoms with Crippen LogP contribution in [0.1, 0.15) is 67.3 Å². The molecule has 0 bridgehead atoms. The molecule has 2 aromatic carbocycles. The van der Waals surface area contributed by atoms with E-state index in [1.165, 1.54) is 0 Å². The predicted molar refractivity (Wildman–Crippen MR) is 144 cm³/mol. The van der Waals surface area contributed by atoms with Gasteiger partial charge in [-0.25, -0.2) is 4.79 Å². The fraction of sp³-hybridized carbons (Fsp3) is 0.467. The van der Waals surface area contributed by atoms with Gasteiger partial charge in [0.2, 0.25) is 0 Å². The minimum atomic E-state index is -0.777. The maximum Gasteiger partial charge on any atom is 0.339 e. The highest BCUT2D eigenvalue weighted by Crippen LogP contribution is 2.49. The fourth-order valence-electron chi connectivity index (χ4n) is 6.26. The summed E-state index contributed by atoms with van der Waals surface area (Å²) in [6, 6.07) is 11.0. The first-order valence-corrected chi connectivity index (χ1v) is 13.5. The molecule has 0 spiro atoms. The van der Waals surface area contributed by atoms with Crippen LogP contribution < -0.4 is 10.4 Å². The number of fused-ring (bicyclic) bond motifs is 2. The largest absolute Gasteiger partial charge is 0.480 e. The number of ether oxygens (including phenoxy) is 1. The van der Waals surface area contributed by atoms with Crippen LogP contribution in [-0.2, 0) is 4.79 Å². The summed E-state index contributed by atoms with van der Waals surface area (Å²) < 4.78 is 11.9. The molecule has 196 valence electrons. The van der Waals surface area contributed by atoms with Crippen LogP contribution in [0.3, 0.4) is 0 Å². The van der Waals surface area contributed by atoms with Crippen molar-refractivity contribution in [1.29, 1.82) is 0 Å². The maximum absolute atomic E-state index is 14.0. The number of amides is 1. The number of benzene rings is 2. The average Bonchev–Trinajstić information content (AvgIpc) is 2.86. The number of likely N-dealkylation sites (tertiary alicyclic amines) is 1. The Kier molecular flexibility index (Phi) is 6.84. The van der Waals surface area contributed by atoms with Crippen molar-refractivity contribution in [2.75, 3.05) is 6.54 Å². The van der Waals surface area contributed by atoms with Crippen molar-refractivity contribution in [1.82, 2.24) is 4.90 Å². The molecule has 6 nitrogen and oxygen atoms in total. The Balaban J connectivity index is 1.50. The molecule has 7 heteroatoms. The second kappa shape index (κ2) is 9.80. The SMILES string of the molecule is Cc1cc(OC(C)C(=O)N2CCC3(O)CCCCC3C2c2ccc(Cl)cc2)c2c(C)c(C)c(=O)oc2c1. The molecule has 0 radical (unpaired) electrons. The smallest absolute Gasteiger partial charge is 0.339 e. The van der Waals surface area contributed by atoms with Crippen LogP contribution in [-0.4, -0.2) is 34.2 Å². The Morgan fingerprint density at radius 3 is 2.59 bits per heavy atom. The number of nitrogens with zero attached hydrogens (tertiary/aromatic N) is 1. The molecule has 37 heavy (non-hydrogen) atoms. The number of halogens is 1. The number of hydrogen-bond donors (Lipinski definition) is 1. The Morgan fingerprint density at radius 2 is 1.86 bits per heavy atom. The third kappa shape index (κ3) is 4.66. The lowest BCUT2D eigenvalue weighted by Crippen LogP contribution is -2.58. The third-order valence-corrected chi connectivity index (χ3v) is 8.62. The maximum atomic E-state index is 14.0. The first-order chi connectivity index (χ1) is 17.6. The van der Waals surface area contributed by atoms with E-state index in [0.29, 0.717) is 40.3 Å². The summed E-state index contributed by atoms with van der Waals surface area (Å²) in [4.78, 5) is 28.1. The Hall–Kier alpha value is -2.83. The molecule has 1 amide bonds. The van der Waals surface area contributed by atoms with Gasteiger partial charge in [0.05, 0.1) is 17.0 Å². The van der Waals surface area contributed by atoms with E-state index in [4.69, 9.17) is 20.8 Å². The van der Waals surface area contributed by atoms with Crippen molar-refractivity contribution in [2.24, 2.45) is 5.92 Å². The highest BCUT2D eigenvalue weighted by atomic mass is 35.5. The van der Waals surface area contributed by atoms with Gasteiger partial charge in [-0.05, 0) is 87.9 Å². The van der Waals surface area contributed by atoms with Crippen molar-refractivity contribution in [2.45, 2.75) is 77.5 Å². The van der Waals surface area contributed by atoms with Gasteiger partial charge in [-0.3, -0.25) is 4.79 Å². The lowest BCUT2D eigenvalue weighted by Gasteiger charge is -2.53. The summed E-state index contributed by atoms with van der Waals surface area (Å²) >= 11 is 6.17. The molecule has 2 heterocycles. The Labute approximate surface area is 222 Å². The van der Waals surface area contributed by atoms with E-state index >= 15 is 0 Å². The molecule has 3 aromatic rings. The average molecular weight is 524 g/mol. The number of carbonyl (C=O) groups is 1. The number of piperidine rings is 1. The molecule has 4 atom stereocenters. The van der Waals surface area contributed by atoms with E-state index in [9.17, 15) is 14.7 Å². The van der Waals surface area contributed by atoms with Crippen molar-refractivity contribution in [3.8, 4) is 5.75 Å². The van der Waals surface area contributed by atoms with E-state index in [1.807, 2.05) is 55.1 Å². The van der Waals surface area contributed by atoms with Crippen molar-refractivity contribution < 1.29 is 19.1 Å². The summed E-state index contributed by atoms with van der Waals surface area (Å²) in [5.41, 5.74) is 2.46. The van der Waals surface area contributed by atoms with Crippen LogP contribution in [0.2, 0.25) is 5.02 Å². The highest BCUT2D eigenvalue weighted by Gasteiger charge is 2.50. The van der Waals surface area contributed by atoms with Crippen LogP contribution >= 0.6 is 11.6 Å². The first-order valence-electron chi connectivity index (χ1n) is 13.1. The third-order valence-electron chi connectivity index (χ3n) is 8.37. The molecule has 5 rings (SSSR count). The quantitative estimate of drug-likeness (QED) is 0.422. The molecular formula is C30H34ClNO5. The van der Waals surface area contributed by atoms with Gasteiger partial charge in [0.1, 0.15) is 11.3 Å². The predicted octanol–water partition coefficient (Wildman–Crippen LogP) is 6.03. The summed E-state index contributed by atoms with van der Waals surface area (Å²) in [7, 11) is 0. The lowest BCUT2D eigenvalue weighted by atomic mass is 9.66. The molecule has 4 unspecified atom stereocenters. The van der Waals surface area contributed by atoms with Gasteiger partial charge in [0, 0.05) is 23.0 Å². The summed E-state index contributed by atoms with van der Waals surface area (Å²) in [6.45, 7) is 7.72. The van der Waals surface area contributed by atoms with E-state index in [2.05, 4.69) is 0 Å². The Morgan fingerprint density at radius 1 is 1.14 bits per heavy atom. The van der Waals surface area contributed by atoms with Gasteiger partial charge in [-0.1, -0.05) is 36.6 Å². The lowest BCUT2D eigenvalue weighted by molar-refractivity contribution is -0.161. The number of aryl methyl sites for hydroxylation is 2. The monoisotopic (exact) mass is 523 g/mol. The van der Waals surface area contributed by atoms with E-state index in [-0.39, 0.29) is 23.5 Å². The number of rotatable bonds is 4. The standard InChI is InChI=1S/C30H34ClNO5/c1-17-15-24(26-18(2)19(3)29(34)37-25(26)16-17)36-20(4)28(33)32-14-13-30(35)12-6-5-7-23(30)27(32)21-8-10-22(31)11-9-21/h8-11,15-16,20,23,27,35H,5-7,12-14H2,1-4H3. The zero-order chi connectivity index (χ0) is 26.5. The summed E-state index contributed by atoms with van der Waals surface area (Å²) in [5.74, 6) is 0.342. The van der Waals surface area contributed by atoms with Crippen LogP contribution in [0.4, 0.5) is 0 Å². The van der Waals surface area contributed by atoms with Crippen molar-refractivity contribution in [3.05, 3.63) is 74.1 Å². The molecule has 1 saturated heterocycles. The minimum Gasteiger partial charge on any atom is -0.480 e. The minimum absolute atomic E-state index is 0.0497. The van der Waals surface area contributed by atoms with Crippen LogP contribution in [0.25, 0.3) is 11.0 Å². The van der Waals surface area contributed by atoms with Gasteiger partial charge in [0.15, 0.2) is 6.10 Å². The van der Waals surface area contributed by atoms with Crippen LogP contribution in [0, 0.1) is 26.7 Å². The number of carbonyl (C=O) groups excluding carboxylic acids is 1. The second-order valence-corrected chi connectivity index (χ2v) is 11.2. The van der Waals surface area contributed by atoms with E-state index in [1.54, 1.807) is 13.8 Å². The summed E-state index contributed by atoms with van der Waals surface area (Å²) in [6.07, 6.45) is 3.43. The second-order valence-electron chi connectivity index (χ2n) is 10.8. The summed E-state index contributed by atoms with van der Waals surface area (Å²) in [5, 5.41) is 12.9. The Bertz CT molecular complexity index is 1400. The van der Waals surface area contributed by atoms with Crippen molar-refractivity contribution >= 4 is 28.5 Å². The molecule has 2 fully saturated rings. The molecule has 1 aromatic heterocycles. The normalized spacial score (nSPS) is 24.5. The molecule has 2 aliphatic rings. The van der Waals surface area contributed by atoms with Crippen molar-refractivity contribution in [3.63, 3.8) is 0 Å². The van der Waals surface area contributed by atoms with Crippen LogP contribution in [0.5, 0.6) is 5.75 Å². The van der Waals surface area contributed by atoms with Gasteiger partial charge in [-0.15, -0.1) is 0 Å². The highest BCUT2D eigenvalue weighted by molar-refractivity contribution is 6.30. The molecule has 1 saturated carbocycles. The van der Waals surface area contributed by atoms with Gasteiger partial charge in [0.25, 0.3) is 5.91 Å². The molecule has 1 aliphatic carbocycles. The molecular weight excluding hydrogens is 490 g/mol. The van der Waals surface area contributed by atoms with Gasteiger partial charge >= 0.3 is 5.63 Å². The topological polar surface area (TPSA) is 80.0 Å². The molecule has 1 N–H and O–H groups in total. The van der Waals surface area contributed by atoms with Gasteiger partial charge in [-0.2, -0.15) is 0 Å². The van der Waals surface area contributed by atoms with E-state index in [0.717, 1.165) is 42.4 Å². The number of aliphatic hydroxyl groups is 1. The zero-order valence-corrected chi connectivity index (χ0v) is 22.6. The molecule has 1 aliphatic heterocycles.